The molecular formula is C17H15BrN2. The van der Waals surface area contributed by atoms with Crippen LogP contribution in [-0.4, -0.2) is 4.57 Å². The molecule has 100 valence electrons. The Bertz CT molecular complexity index is 690. The third-order valence-electron chi connectivity index (χ3n) is 3.19. The number of hydrogen-bond acceptors (Lipinski definition) is 1. The lowest BCUT2D eigenvalue weighted by Gasteiger charge is -2.10. The first kappa shape index (κ1) is 13.0. The van der Waals surface area contributed by atoms with Gasteiger partial charge in [-0.25, -0.2) is 0 Å². The van der Waals surface area contributed by atoms with Gasteiger partial charge in [0.1, 0.15) is 0 Å². The molecule has 2 nitrogen and oxygen atoms in total. The van der Waals surface area contributed by atoms with Gasteiger partial charge < -0.3 is 9.88 Å². The summed E-state index contributed by atoms with van der Waals surface area (Å²) in [7, 11) is 0. The molecule has 0 bridgehead atoms. The van der Waals surface area contributed by atoms with Crippen LogP contribution in [0.25, 0.3) is 5.69 Å². The zero-order valence-corrected chi connectivity index (χ0v) is 12.5. The number of aromatic nitrogens is 1. The second-order valence-electron chi connectivity index (χ2n) is 4.59. The summed E-state index contributed by atoms with van der Waals surface area (Å²) in [5, 5.41) is 3.46. The summed E-state index contributed by atoms with van der Waals surface area (Å²) in [5.41, 5.74) is 3.53. The van der Waals surface area contributed by atoms with Crippen LogP contribution in [0.3, 0.4) is 0 Å². The molecule has 1 heterocycles. The minimum atomic E-state index is 0.802. The third kappa shape index (κ3) is 2.94. The second-order valence-corrected chi connectivity index (χ2v) is 5.44. The number of anilines is 1. The molecule has 2 aromatic carbocycles. The maximum Gasteiger partial charge on any atom is 0.0469 e. The summed E-state index contributed by atoms with van der Waals surface area (Å²) >= 11 is 3.57. The van der Waals surface area contributed by atoms with E-state index in [0.29, 0.717) is 0 Å². The molecule has 0 radical (unpaired) electrons. The first-order chi connectivity index (χ1) is 9.83. The van der Waals surface area contributed by atoms with Crippen LogP contribution in [0.4, 0.5) is 5.69 Å². The van der Waals surface area contributed by atoms with E-state index in [4.69, 9.17) is 0 Å². The first-order valence-electron chi connectivity index (χ1n) is 6.53. The Hall–Kier alpha value is -2.00. The molecule has 0 aliphatic rings. The predicted octanol–water partition coefficient (Wildman–Crippen LogP) is 4.85. The van der Waals surface area contributed by atoms with Gasteiger partial charge in [0.2, 0.25) is 0 Å². The first-order valence-corrected chi connectivity index (χ1v) is 7.33. The molecule has 1 aromatic heterocycles. The van der Waals surface area contributed by atoms with Crippen molar-refractivity contribution >= 4 is 21.6 Å². The van der Waals surface area contributed by atoms with Gasteiger partial charge in [-0.1, -0.05) is 40.2 Å². The largest absolute Gasteiger partial charge is 0.381 e. The Kier molecular flexibility index (Phi) is 3.88. The van der Waals surface area contributed by atoms with Gasteiger partial charge in [-0.05, 0) is 42.0 Å². The lowest BCUT2D eigenvalue weighted by atomic mass is 10.2. The lowest BCUT2D eigenvalue weighted by molar-refractivity contribution is 1.07. The van der Waals surface area contributed by atoms with Crippen LogP contribution in [0.5, 0.6) is 0 Å². The Morgan fingerprint density at radius 2 is 1.70 bits per heavy atom. The summed E-state index contributed by atoms with van der Waals surface area (Å²) in [6.45, 7) is 0.802. The summed E-state index contributed by atoms with van der Waals surface area (Å²) in [6, 6.07) is 20.7. The molecule has 20 heavy (non-hydrogen) atoms. The van der Waals surface area contributed by atoms with Gasteiger partial charge in [0.15, 0.2) is 0 Å². The van der Waals surface area contributed by atoms with Crippen LogP contribution in [0.1, 0.15) is 5.56 Å². The Balaban J connectivity index is 1.75. The number of nitrogens with zero attached hydrogens (tertiary/aromatic N) is 1. The molecule has 0 aliphatic carbocycles. The normalized spacial score (nSPS) is 10.4. The van der Waals surface area contributed by atoms with Crippen LogP contribution < -0.4 is 5.32 Å². The highest BCUT2D eigenvalue weighted by atomic mass is 79.9. The van der Waals surface area contributed by atoms with Crippen molar-refractivity contribution in [3.05, 3.63) is 83.1 Å². The smallest absolute Gasteiger partial charge is 0.0469 e. The number of benzene rings is 2. The standard InChI is InChI=1S/C17H15BrN2/c18-17-9-2-1-6-14(17)13-19-15-7-5-8-16(12-15)20-10-3-4-11-20/h1-12,19H,13H2. The van der Waals surface area contributed by atoms with Gasteiger partial charge >= 0.3 is 0 Å². The SMILES string of the molecule is Brc1ccccc1CNc1cccc(-n2cccc2)c1. The maximum atomic E-state index is 3.57. The monoisotopic (exact) mass is 326 g/mol. The van der Waals surface area contributed by atoms with Crippen molar-refractivity contribution in [2.75, 3.05) is 5.32 Å². The summed E-state index contributed by atoms with van der Waals surface area (Å²) < 4.78 is 3.23. The molecule has 0 unspecified atom stereocenters. The van der Waals surface area contributed by atoms with E-state index in [-0.39, 0.29) is 0 Å². The Labute approximate surface area is 127 Å². The van der Waals surface area contributed by atoms with Crippen molar-refractivity contribution in [2.24, 2.45) is 0 Å². The fourth-order valence-electron chi connectivity index (χ4n) is 2.12. The van der Waals surface area contributed by atoms with Crippen molar-refractivity contribution in [1.29, 1.82) is 0 Å². The molecule has 0 spiro atoms. The highest BCUT2D eigenvalue weighted by molar-refractivity contribution is 9.10. The van der Waals surface area contributed by atoms with E-state index in [0.717, 1.165) is 22.4 Å². The predicted molar refractivity (Wildman–Crippen MR) is 87.2 cm³/mol. The average Bonchev–Trinajstić information content (AvgIpc) is 3.01. The number of hydrogen-bond donors (Lipinski definition) is 1. The van der Waals surface area contributed by atoms with Crippen LogP contribution in [0.15, 0.2) is 77.5 Å². The summed E-state index contributed by atoms with van der Waals surface area (Å²) in [4.78, 5) is 0. The fraction of sp³-hybridized carbons (Fsp3) is 0.0588. The third-order valence-corrected chi connectivity index (χ3v) is 3.96. The van der Waals surface area contributed by atoms with E-state index in [1.54, 1.807) is 0 Å². The Morgan fingerprint density at radius 3 is 2.50 bits per heavy atom. The van der Waals surface area contributed by atoms with Crippen molar-refractivity contribution in [2.45, 2.75) is 6.54 Å². The van der Waals surface area contributed by atoms with Crippen LogP contribution in [0.2, 0.25) is 0 Å². The van der Waals surface area contributed by atoms with Gasteiger partial charge in [-0.15, -0.1) is 0 Å². The average molecular weight is 327 g/mol. The molecule has 3 aromatic rings. The number of rotatable bonds is 4. The highest BCUT2D eigenvalue weighted by Crippen LogP contribution is 2.19. The minimum absolute atomic E-state index is 0.802. The molecule has 3 rings (SSSR count). The molecule has 0 saturated carbocycles. The second kappa shape index (κ2) is 5.97. The molecule has 0 amide bonds. The number of halogens is 1. The Morgan fingerprint density at radius 1 is 0.900 bits per heavy atom. The molecular weight excluding hydrogens is 312 g/mol. The van der Waals surface area contributed by atoms with Crippen molar-refractivity contribution in [1.82, 2.24) is 4.57 Å². The molecule has 1 N–H and O–H groups in total. The minimum Gasteiger partial charge on any atom is -0.381 e. The number of nitrogens with one attached hydrogen (secondary N) is 1. The van der Waals surface area contributed by atoms with Crippen molar-refractivity contribution in [3.63, 3.8) is 0 Å². The van der Waals surface area contributed by atoms with Crippen LogP contribution in [-0.2, 0) is 6.54 Å². The van der Waals surface area contributed by atoms with Crippen molar-refractivity contribution in [3.8, 4) is 5.69 Å². The van der Waals surface area contributed by atoms with Crippen LogP contribution in [0, 0.1) is 0 Å². The van der Waals surface area contributed by atoms with Gasteiger partial charge in [0.05, 0.1) is 0 Å². The van der Waals surface area contributed by atoms with E-state index in [9.17, 15) is 0 Å². The lowest BCUT2D eigenvalue weighted by Crippen LogP contribution is -2.01. The van der Waals surface area contributed by atoms with E-state index < -0.39 is 0 Å². The van der Waals surface area contributed by atoms with E-state index >= 15 is 0 Å². The molecule has 3 heteroatoms. The quantitative estimate of drug-likeness (QED) is 0.725. The maximum absolute atomic E-state index is 3.57. The zero-order chi connectivity index (χ0) is 13.8. The van der Waals surface area contributed by atoms with Gasteiger partial charge in [-0.2, -0.15) is 0 Å². The topological polar surface area (TPSA) is 17.0 Å². The van der Waals surface area contributed by atoms with Gasteiger partial charge in [0, 0.05) is 34.8 Å². The highest BCUT2D eigenvalue weighted by Gasteiger charge is 2.00. The fourth-order valence-corrected chi connectivity index (χ4v) is 2.55. The van der Waals surface area contributed by atoms with Gasteiger partial charge in [-0.3, -0.25) is 0 Å². The van der Waals surface area contributed by atoms with E-state index in [2.05, 4.69) is 68.3 Å². The molecule has 0 atom stereocenters. The molecule has 0 fully saturated rings. The van der Waals surface area contributed by atoms with E-state index in [1.165, 1.54) is 5.56 Å². The van der Waals surface area contributed by atoms with Crippen molar-refractivity contribution < 1.29 is 0 Å². The summed E-state index contributed by atoms with van der Waals surface area (Å²) in [5.74, 6) is 0. The van der Waals surface area contributed by atoms with Crippen LogP contribution >= 0.6 is 15.9 Å². The molecule has 0 aliphatic heterocycles. The molecule has 0 saturated heterocycles. The van der Waals surface area contributed by atoms with Gasteiger partial charge in [0.25, 0.3) is 0 Å². The summed E-state index contributed by atoms with van der Waals surface area (Å²) in [6.07, 6.45) is 4.10. The van der Waals surface area contributed by atoms with E-state index in [1.807, 2.05) is 30.6 Å². The zero-order valence-electron chi connectivity index (χ0n) is 11.0.